The van der Waals surface area contributed by atoms with Crippen molar-refractivity contribution in [1.29, 1.82) is 0 Å². The molecular formula is C16H16N4O3. The van der Waals surface area contributed by atoms with E-state index in [1.165, 1.54) is 0 Å². The highest BCUT2D eigenvalue weighted by atomic mass is 16.5. The van der Waals surface area contributed by atoms with Crippen LogP contribution in [-0.2, 0) is 17.8 Å². The normalized spacial score (nSPS) is 10.6. The van der Waals surface area contributed by atoms with Crippen LogP contribution in [0.2, 0.25) is 0 Å². The molecule has 0 atom stereocenters. The Morgan fingerprint density at radius 2 is 2.26 bits per heavy atom. The monoisotopic (exact) mass is 312 g/mol. The highest BCUT2D eigenvalue weighted by Crippen LogP contribution is 2.14. The van der Waals surface area contributed by atoms with Crippen molar-refractivity contribution in [3.05, 3.63) is 54.6 Å². The zero-order chi connectivity index (χ0) is 15.9. The van der Waals surface area contributed by atoms with Crippen molar-refractivity contribution in [3.8, 4) is 11.4 Å². The van der Waals surface area contributed by atoms with E-state index in [0.29, 0.717) is 37.5 Å². The Labute approximate surface area is 132 Å². The van der Waals surface area contributed by atoms with Gasteiger partial charge in [0.05, 0.1) is 12.5 Å². The molecule has 3 heterocycles. The molecule has 0 radical (unpaired) electrons. The summed E-state index contributed by atoms with van der Waals surface area (Å²) in [5, 5.41) is 6.75. The summed E-state index contributed by atoms with van der Waals surface area (Å²) in [6, 6.07) is 5.50. The number of aryl methyl sites for hydroxylation is 1. The summed E-state index contributed by atoms with van der Waals surface area (Å²) in [6.07, 6.45) is 8.17. The molecule has 1 amide bonds. The van der Waals surface area contributed by atoms with Crippen LogP contribution in [0.5, 0.6) is 0 Å². The number of amides is 1. The van der Waals surface area contributed by atoms with Crippen LogP contribution in [0.15, 0.2) is 52.1 Å². The van der Waals surface area contributed by atoms with E-state index in [0.717, 1.165) is 11.1 Å². The highest BCUT2D eigenvalue weighted by Gasteiger charge is 2.09. The molecule has 0 spiro atoms. The summed E-state index contributed by atoms with van der Waals surface area (Å²) < 4.78 is 10.1. The Balaban J connectivity index is 1.42. The number of hydrogen-bond donors (Lipinski definition) is 1. The van der Waals surface area contributed by atoms with E-state index in [2.05, 4.69) is 20.4 Å². The average Bonchev–Trinajstić information content (AvgIpc) is 3.26. The molecule has 0 bridgehead atoms. The van der Waals surface area contributed by atoms with Crippen molar-refractivity contribution in [2.75, 3.05) is 0 Å². The second-order valence-electron chi connectivity index (χ2n) is 5.02. The summed E-state index contributed by atoms with van der Waals surface area (Å²) in [6.45, 7) is 0.473. The molecule has 0 aliphatic heterocycles. The summed E-state index contributed by atoms with van der Waals surface area (Å²) in [5.74, 6) is 1.02. The van der Waals surface area contributed by atoms with Gasteiger partial charge in [0.2, 0.25) is 17.6 Å². The molecule has 23 heavy (non-hydrogen) atoms. The fraction of sp³-hybridized carbons (Fsp3) is 0.250. The minimum absolute atomic E-state index is 0.0156. The number of pyridine rings is 1. The van der Waals surface area contributed by atoms with Gasteiger partial charge in [-0.05, 0) is 24.6 Å². The van der Waals surface area contributed by atoms with Crippen LogP contribution in [-0.4, -0.2) is 21.0 Å². The molecular weight excluding hydrogens is 296 g/mol. The van der Waals surface area contributed by atoms with Crippen LogP contribution >= 0.6 is 0 Å². The van der Waals surface area contributed by atoms with Gasteiger partial charge in [0, 0.05) is 42.9 Å². The molecule has 0 saturated heterocycles. The van der Waals surface area contributed by atoms with Gasteiger partial charge < -0.3 is 14.3 Å². The van der Waals surface area contributed by atoms with Gasteiger partial charge in [-0.2, -0.15) is 4.98 Å². The first-order valence-electron chi connectivity index (χ1n) is 7.32. The summed E-state index contributed by atoms with van der Waals surface area (Å²) in [4.78, 5) is 20.1. The van der Waals surface area contributed by atoms with Crippen molar-refractivity contribution < 1.29 is 13.7 Å². The number of hydrogen-bond acceptors (Lipinski definition) is 6. The minimum atomic E-state index is -0.0156. The maximum atomic E-state index is 11.7. The molecule has 7 nitrogen and oxygen atoms in total. The quantitative estimate of drug-likeness (QED) is 0.719. The fourth-order valence-corrected chi connectivity index (χ4v) is 2.05. The van der Waals surface area contributed by atoms with Crippen molar-refractivity contribution in [1.82, 2.24) is 20.4 Å². The zero-order valence-electron chi connectivity index (χ0n) is 12.4. The van der Waals surface area contributed by atoms with Crippen molar-refractivity contribution in [2.45, 2.75) is 25.8 Å². The van der Waals surface area contributed by atoms with Gasteiger partial charge in [0.1, 0.15) is 0 Å². The molecule has 3 aromatic rings. The van der Waals surface area contributed by atoms with Crippen molar-refractivity contribution in [3.63, 3.8) is 0 Å². The van der Waals surface area contributed by atoms with Gasteiger partial charge in [0.15, 0.2) is 0 Å². The molecule has 0 aromatic carbocycles. The van der Waals surface area contributed by atoms with E-state index in [1.807, 2.05) is 18.2 Å². The molecule has 0 unspecified atom stereocenters. The zero-order valence-corrected chi connectivity index (χ0v) is 12.4. The van der Waals surface area contributed by atoms with E-state index in [9.17, 15) is 4.79 Å². The third-order valence-electron chi connectivity index (χ3n) is 3.25. The average molecular weight is 312 g/mol. The third-order valence-corrected chi connectivity index (χ3v) is 3.25. The van der Waals surface area contributed by atoms with Gasteiger partial charge in [0.25, 0.3) is 0 Å². The maximum Gasteiger partial charge on any atom is 0.226 e. The Hall–Kier alpha value is -2.96. The molecule has 118 valence electrons. The number of aromatic nitrogens is 3. The van der Waals surface area contributed by atoms with E-state index < -0.39 is 0 Å². The molecule has 0 aliphatic rings. The number of nitrogens with zero attached hydrogens (tertiary/aromatic N) is 3. The summed E-state index contributed by atoms with van der Waals surface area (Å²) in [5.41, 5.74) is 1.75. The molecule has 3 rings (SSSR count). The molecule has 0 aliphatic carbocycles. The Bertz CT molecular complexity index is 738. The van der Waals surface area contributed by atoms with Gasteiger partial charge in [-0.1, -0.05) is 5.16 Å². The number of rotatable bonds is 7. The van der Waals surface area contributed by atoms with Crippen LogP contribution in [0.1, 0.15) is 24.3 Å². The molecule has 0 saturated carbocycles. The van der Waals surface area contributed by atoms with E-state index >= 15 is 0 Å². The molecule has 7 heteroatoms. The first-order chi connectivity index (χ1) is 11.3. The van der Waals surface area contributed by atoms with Crippen LogP contribution in [0, 0.1) is 0 Å². The van der Waals surface area contributed by atoms with Crippen molar-refractivity contribution >= 4 is 5.91 Å². The standard InChI is InChI=1S/C16H16N4O3/c21-14(18-9-12-6-8-22-11-12)4-1-5-15-19-16(20-23-15)13-3-2-7-17-10-13/h2-3,6-8,10-11H,1,4-5,9H2,(H,18,21). The van der Waals surface area contributed by atoms with E-state index in [-0.39, 0.29) is 5.91 Å². The second-order valence-corrected chi connectivity index (χ2v) is 5.02. The van der Waals surface area contributed by atoms with Crippen LogP contribution in [0.3, 0.4) is 0 Å². The first-order valence-corrected chi connectivity index (χ1v) is 7.32. The summed E-state index contributed by atoms with van der Waals surface area (Å²) in [7, 11) is 0. The van der Waals surface area contributed by atoms with Crippen LogP contribution in [0.4, 0.5) is 0 Å². The first kappa shape index (κ1) is 15.0. The lowest BCUT2D eigenvalue weighted by Crippen LogP contribution is -2.22. The fourth-order valence-electron chi connectivity index (χ4n) is 2.05. The molecule has 0 fully saturated rings. The van der Waals surface area contributed by atoms with E-state index in [4.69, 9.17) is 8.94 Å². The van der Waals surface area contributed by atoms with Gasteiger partial charge in [-0.3, -0.25) is 9.78 Å². The summed E-state index contributed by atoms with van der Waals surface area (Å²) >= 11 is 0. The maximum absolute atomic E-state index is 11.7. The lowest BCUT2D eigenvalue weighted by atomic mass is 10.2. The predicted octanol–water partition coefficient (Wildman–Crippen LogP) is 2.36. The Morgan fingerprint density at radius 1 is 1.30 bits per heavy atom. The highest BCUT2D eigenvalue weighted by molar-refractivity contribution is 5.75. The van der Waals surface area contributed by atoms with E-state index in [1.54, 1.807) is 24.9 Å². The smallest absolute Gasteiger partial charge is 0.226 e. The lowest BCUT2D eigenvalue weighted by Gasteiger charge is -2.02. The molecule has 1 N–H and O–H groups in total. The minimum Gasteiger partial charge on any atom is -0.472 e. The molecule has 3 aromatic heterocycles. The lowest BCUT2D eigenvalue weighted by molar-refractivity contribution is -0.121. The van der Waals surface area contributed by atoms with Crippen LogP contribution in [0.25, 0.3) is 11.4 Å². The van der Waals surface area contributed by atoms with Gasteiger partial charge in [-0.15, -0.1) is 0 Å². The van der Waals surface area contributed by atoms with Gasteiger partial charge >= 0.3 is 0 Å². The third kappa shape index (κ3) is 4.26. The number of furan rings is 1. The SMILES string of the molecule is O=C(CCCc1nc(-c2cccnc2)no1)NCc1ccoc1. The number of carbonyl (C=O) groups excluding carboxylic acids is 1. The Kier molecular flexibility index (Phi) is 4.78. The topological polar surface area (TPSA) is 94.0 Å². The Morgan fingerprint density at radius 3 is 3.04 bits per heavy atom. The predicted molar refractivity (Wildman–Crippen MR) is 81.0 cm³/mol. The van der Waals surface area contributed by atoms with Gasteiger partial charge in [-0.25, -0.2) is 0 Å². The number of carbonyl (C=O) groups is 1. The van der Waals surface area contributed by atoms with Crippen molar-refractivity contribution in [2.24, 2.45) is 0 Å². The van der Waals surface area contributed by atoms with Crippen LogP contribution < -0.4 is 5.32 Å². The second kappa shape index (κ2) is 7.35. The largest absolute Gasteiger partial charge is 0.472 e. The number of nitrogens with one attached hydrogen (secondary N) is 1.